The Morgan fingerprint density at radius 3 is 2.75 bits per heavy atom. The van der Waals surface area contributed by atoms with E-state index in [9.17, 15) is 9.18 Å². The number of amides is 1. The Morgan fingerprint density at radius 2 is 1.96 bits per heavy atom. The molecule has 0 radical (unpaired) electrons. The van der Waals surface area contributed by atoms with Gasteiger partial charge in [-0.25, -0.2) is 14.4 Å². The minimum Gasteiger partial charge on any atom is -0.441 e. The molecule has 6 nitrogen and oxygen atoms in total. The van der Waals surface area contributed by atoms with Crippen LogP contribution in [0.3, 0.4) is 0 Å². The molecule has 0 fully saturated rings. The second kappa shape index (κ2) is 7.64. The third kappa shape index (κ3) is 3.78. The summed E-state index contributed by atoms with van der Waals surface area (Å²) in [6.45, 7) is 0.358. The molecule has 2 heterocycles. The zero-order valence-electron chi connectivity index (χ0n) is 15.4. The molecule has 2 aromatic heterocycles. The molecule has 0 aliphatic heterocycles. The van der Waals surface area contributed by atoms with Crippen LogP contribution < -0.4 is 5.32 Å². The number of hydrogen-bond acceptors (Lipinski definition) is 4. The Bertz CT molecular complexity index is 1120. The molecule has 28 heavy (non-hydrogen) atoms. The molecule has 0 bridgehead atoms. The predicted molar refractivity (Wildman–Crippen MR) is 103 cm³/mol. The van der Waals surface area contributed by atoms with E-state index in [0.29, 0.717) is 24.6 Å². The van der Waals surface area contributed by atoms with Gasteiger partial charge in [-0.05, 0) is 36.4 Å². The lowest BCUT2D eigenvalue weighted by Crippen LogP contribution is -2.24. The van der Waals surface area contributed by atoms with Gasteiger partial charge in [-0.2, -0.15) is 0 Å². The highest BCUT2D eigenvalue weighted by molar-refractivity contribution is 5.77. The van der Waals surface area contributed by atoms with Crippen molar-refractivity contribution >= 4 is 16.9 Å². The lowest BCUT2D eigenvalue weighted by atomic mass is 10.2. The largest absolute Gasteiger partial charge is 0.441 e. The third-order valence-corrected chi connectivity index (χ3v) is 4.57. The van der Waals surface area contributed by atoms with E-state index in [0.717, 1.165) is 22.4 Å². The van der Waals surface area contributed by atoms with E-state index < -0.39 is 0 Å². The fraction of sp³-hybridized carbons (Fsp3) is 0.190. The average Bonchev–Trinajstić information content (AvgIpc) is 3.30. The predicted octanol–water partition coefficient (Wildman–Crippen LogP) is 3.62. The van der Waals surface area contributed by atoms with Gasteiger partial charge in [-0.15, -0.1) is 0 Å². The number of carbonyl (C=O) groups excluding carboxylic acids is 1. The Kier molecular flexibility index (Phi) is 4.89. The van der Waals surface area contributed by atoms with Crippen LogP contribution in [0, 0.1) is 5.82 Å². The van der Waals surface area contributed by atoms with Gasteiger partial charge in [0.25, 0.3) is 0 Å². The molecule has 4 rings (SSSR count). The maximum atomic E-state index is 13.0. The van der Waals surface area contributed by atoms with Crippen LogP contribution in [0.2, 0.25) is 0 Å². The van der Waals surface area contributed by atoms with Gasteiger partial charge in [0.1, 0.15) is 11.6 Å². The second-order valence-corrected chi connectivity index (χ2v) is 6.48. The van der Waals surface area contributed by atoms with Crippen LogP contribution in [0.4, 0.5) is 4.39 Å². The molecule has 0 aliphatic rings. The summed E-state index contributed by atoms with van der Waals surface area (Å²) in [5, 5.41) is 2.88. The number of aromatic nitrogens is 3. The molecule has 1 amide bonds. The van der Waals surface area contributed by atoms with E-state index in [2.05, 4.69) is 15.3 Å². The number of nitrogens with zero attached hydrogens (tertiary/aromatic N) is 3. The van der Waals surface area contributed by atoms with Crippen molar-refractivity contribution < 1.29 is 13.6 Å². The molecular weight excluding hydrogens is 359 g/mol. The molecule has 0 unspecified atom stereocenters. The van der Waals surface area contributed by atoms with Crippen LogP contribution in [0.5, 0.6) is 0 Å². The van der Waals surface area contributed by atoms with Gasteiger partial charge >= 0.3 is 0 Å². The fourth-order valence-corrected chi connectivity index (χ4v) is 3.01. The van der Waals surface area contributed by atoms with Gasteiger partial charge in [0, 0.05) is 25.5 Å². The highest BCUT2D eigenvalue weighted by Crippen LogP contribution is 2.21. The van der Waals surface area contributed by atoms with Crippen LogP contribution >= 0.6 is 0 Å². The van der Waals surface area contributed by atoms with Crippen molar-refractivity contribution in [1.82, 2.24) is 19.9 Å². The number of fused-ring (bicyclic) bond motifs is 1. The van der Waals surface area contributed by atoms with Gasteiger partial charge in [0.2, 0.25) is 5.91 Å². The number of imidazole rings is 1. The zero-order valence-corrected chi connectivity index (χ0v) is 15.4. The maximum Gasteiger partial charge on any atom is 0.220 e. The minimum absolute atomic E-state index is 0.103. The molecule has 0 spiro atoms. The first-order valence-corrected chi connectivity index (χ1v) is 8.98. The van der Waals surface area contributed by atoms with Crippen molar-refractivity contribution in [1.29, 1.82) is 0 Å². The first-order valence-electron chi connectivity index (χ1n) is 8.98. The van der Waals surface area contributed by atoms with Crippen molar-refractivity contribution in [2.45, 2.75) is 19.4 Å². The molecule has 0 saturated carbocycles. The lowest BCUT2D eigenvalue weighted by molar-refractivity contribution is -0.121. The highest BCUT2D eigenvalue weighted by Gasteiger charge is 2.11. The number of carbonyl (C=O) groups is 1. The Morgan fingerprint density at radius 1 is 1.18 bits per heavy atom. The summed E-state index contributed by atoms with van der Waals surface area (Å²) in [5.74, 6) is 1.41. The summed E-state index contributed by atoms with van der Waals surface area (Å²) in [6.07, 6.45) is 2.23. The fourth-order valence-electron chi connectivity index (χ4n) is 3.01. The van der Waals surface area contributed by atoms with E-state index in [-0.39, 0.29) is 18.1 Å². The molecule has 142 valence electrons. The molecular formula is C21H19FN4O2. The zero-order chi connectivity index (χ0) is 19.5. The average molecular weight is 378 g/mol. The SMILES string of the molecule is Cn1c(CNC(=O)CCc2ncc(-c3ccc(F)cc3)o2)nc2ccccc21. The summed E-state index contributed by atoms with van der Waals surface area (Å²) >= 11 is 0. The van der Waals surface area contributed by atoms with Crippen LogP contribution in [-0.2, 0) is 24.8 Å². The summed E-state index contributed by atoms with van der Waals surface area (Å²) in [5.41, 5.74) is 2.67. The molecule has 4 aromatic rings. The molecule has 0 aliphatic carbocycles. The quantitative estimate of drug-likeness (QED) is 0.556. The number of para-hydroxylation sites is 2. The first-order chi connectivity index (χ1) is 13.6. The van der Waals surface area contributed by atoms with E-state index in [1.165, 1.54) is 12.1 Å². The number of rotatable bonds is 6. The smallest absolute Gasteiger partial charge is 0.220 e. The van der Waals surface area contributed by atoms with Gasteiger partial charge in [-0.1, -0.05) is 12.1 Å². The number of oxazole rings is 1. The van der Waals surface area contributed by atoms with Crippen molar-refractivity contribution in [3.63, 3.8) is 0 Å². The Balaban J connectivity index is 1.32. The summed E-state index contributed by atoms with van der Waals surface area (Å²) < 4.78 is 20.6. The highest BCUT2D eigenvalue weighted by atomic mass is 19.1. The van der Waals surface area contributed by atoms with Gasteiger partial charge < -0.3 is 14.3 Å². The van der Waals surface area contributed by atoms with E-state index in [1.807, 2.05) is 35.9 Å². The second-order valence-electron chi connectivity index (χ2n) is 6.48. The van der Waals surface area contributed by atoms with Crippen LogP contribution in [0.25, 0.3) is 22.4 Å². The normalized spacial score (nSPS) is 11.1. The Hall–Kier alpha value is -3.48. The van der Waals surface area contributed by atoms with E-state index in [4.69, 9.17) is 4.42 Å². The van der Waals surface area contributed by atoms with Crippen molar-refractivity contribution in [2.24, 2.45) is 7.05 Å². The minimum atomic E-state index is -0.305. The number of aryl methyl sites for hydroxylation is 2. The molecule has 0 atom stereocenters. The summed E-state index contributed by atoms with van der Waals surface area (Å²) in [6, 6.07) is 13.8. The van der Waals surface area contributed by atoms with Crippen molar-refractivity contribution in [3.8, 4) is 11.3 Å². The topological polar surface area (TPSA) is 73.0 Å². The third-order valence-electron chi connectivity index (χ3n) is 4.57. The van der Waals surface area contributed by atoms with Crippen LogP contribution in [-0.4, -0.2) is 20.4 Å². The van der Waals surface area contributed by atoms with Crippen LogP contribution in [0.15, 0.2) is 59.1 Å². The molecule has 7 heteroatoms. The number of hydrogen-bond donors (Lipinski definition) is 1. The van der Waals surface area contributed by atoms with Crippen molar-refractivity contribution in [2.75, 3.05) is 0 Å². The monoisotopic (exact) mass is 378 g/mol. The maximum absolute atomic E-state index is 13.0. The van der Waals surface area contributed by atoms with Gasteiger partial charge in [-0.3, -0.25) is 4.79 Å². The molecule has 2 aromatic carbocycles. The number of nitrogens with one attached hydrogen (secondary N) is 1. The van der Waals surface area contributed by atoms with Crippen molar-refractivity contribution in [3.05, 3.63) is 72.3 Å². The number of benzene rings is 2. The summed E-state index contributed by atoms with van der Waals surface area (Å²) in [4.78, 5) is 20.9. The number of halogens is 1. The summed E-state index contributed by atoms with van der Waals surface area (Å²) in [7, 11) is 1.93. The lowest BCUT2D eigenvalue weighted by Gasteiger charge is -2.05. The van der Waals surface area contributed by atoms with Gasteiger partial charge in [0.05, 0.1) is 23.8 Å². The van der Waals surface area contributed by atoms with Crippen LogP contribution in [0.1, 0.15) is 18.1 Å². The molecule has 1 N–H and O–H groups in total. The van der Waals surface area contributed by atoms with Gasteiger partial charge in [0.15, 0.2) is 11.7 Å². The van der Waals surface area contributed by atoms with E-state index in [1.54, 1.807) is 18.3 Å². The Labute approximate surface area is 161 Å². The molecule has 0 saturated heterocycles. The standard InChI is InChI=1S/C21H19FN4O2/c1-26-17-5-3-2-4-16(17)25-19(26)13-23-20(27)10-11-21-24-12-18(28-21)14-6-8-15(22)9-7-14/h2-9,12H,10-11,13H2,1H3,(H,23,27). The first kappa shape index (κ1) is 17.9. The van der Waals surface area contributed by atoms with E-state index >= 15 is 0 Å².